The number of hydrogen-bond donors (Lipinski definition) is 4. The number of hydrogen-bond acceptors (Lipinski definition) is 7. The van der Waals surface area contributed by atoms with Crippen LogP contribution in [0, 0.1) is 11.8 Å². The van der Waals surface area contributed by atoms with Crippen LogP contribution in [0.5, 0.6) is 0 Å². The summed E-state index contributed by atoms with van der Waals surface area (Å²) in [7, 11) is 1.50. The fourth-order valence-electron chi connectivity index (χ4n) is 3.60. The number of benzene rings is 2. The molecule has 0 bridgehead atoms. The maximum atomic E-state index is 12.3. The van der Waals surface area contributed by atoms with Crippen molar-refractivity contribution in [3.05, 3.63) is 95.3 Å². The Bertz CT molecular complexity index is 1470. The smallest absolute Gasteiger partial charge is 0.265 e. The Balaban J connectivity index is 1.53. The van der Waals surface area contributed by atoms with Gasteiger partial charge < -0.3 is 15.1 Å². The van der Waals surface area contributed by atoms with Gasteiger partial charge in [-0.05, 0) is 48.5 Å². The highest BCUT2D eigenvalue weighted by Crippen LogP contribution is 2.24. The second kappa shape index (κ2) is 10.8. The lowest BCUT2D eigenvalue weighted by molar-refractivity contribution is -0.0533. The summed E-state index contributed by atoms with van der Waals surface area (Å²) in [5, 5.41) is 18.7. The Morgan fingerprint density at radius 1 is 1.03 bits per heavy atom. The SMILES string of the molecule is CN(CC(O)O)C(=O)c1ccc(C#Cc2ccc(-c3cc(C(=O)NN)c4cnccc4n3)cc2)cc1. The number of pyridine rings is 2. The second-order valence-corrected chi connectivity index (χ2v) is 7.99. The number of aromatic nitrogens is 2. The molecule has 0 aliphatic rings. The normalized spacial score (nSPS) is 10.6. The van der Waals surface area contributed by atoms with E-state index in [1.807, 2.05) is 24.3 Å². The summed E-state index contributed by atoms with van der Waals surface area (Å²) in [6, 6.07) is 17.6. The van der Waals surface area contributed by atoms with Crippen molar-refractivity contribution in [2.75, 3.05) is 13.6 Å². The van der Waals surface area contributed by atoms with E-state index >= 15 is 0 Å². The highest BCUT2D eigenvalue weighted by atomic mass is 16.5. The van der Waals surface area contributed by atoms with E-state index < -0.39 is 12.2 Å². The zero-order valence-corrected chi connectivity index (χ0v) is 19.3. The number of nitrogens with zero attached hydrogens (tertiary/aromatic N) is 3. The summed E-state index contributed by atoms with van der Waals surface area (Å²) in [6.07, 6.45) is 1.61. The Kier molecular flexibility index (Phi) is 7.32. The average Bonchev–Trinajstić information content (AvgIpc) is 2.90. The number of rotatable bonds is 5. The number of fused-ring (bicyclic) bond motifs is 1. The van der Waals surface area contributed by atoms with Gasteiger partial charge in [0.05, 0.1) is 23.3 Å². The van der Waals surface area contributed by atoms with E-state index in [1.165, 1.54) is 11.9 Å². The largest absolute Gasteiger partial charge is 0.367 e. The summed E-state index contributed by atoms with van der Waals surface area (Å²) in [6.45, 7) is -0.177. The quantitative estimate of drug-likeness (QED) is 0.112. The van der Waals surface area contributed by atoms with E-state index in [0.29, 0.717) is 27.7 Å². The van der Waals surface area contributed by atoms with Gasteiger partial charge in [-0.25, -0.2) is 10.8 Å². The maximum Gasteiger partial charge on any atom is 0.265 e. The summed E-state index contributed by atoms with van der Waals surface area (Å²) in [4.78, 5) is 34.5. The van der Waals surface area contributed by atoms with Crippen molar-refractivity contribution >= 4 is 22.7 Å². The van der Waals surface area contributed by atoms with Gasteiger partial charge >= 0.3 is 0 Å². The molecule has 4 rings (SSSR count). The molecule has 0 fully saturated rings. The van der Waals surface area contributed by atoms with Crippen LogP contribution in [0.3, 0.4) is 0 Å². The first-order valence-electron chi connectivity index (χ1n) is 11.0. The van der Waals surface area contributed by atoms with E-state index in [4.69, 9.17) is 16.1 Å². The van der Waals surface area contributed by atoms with E-state index in [2.05, 4.69) is 27.2 Å². The highest BCUT2D eigenvalue weighted by molar-refractivity contribution is 6.06. The topological polar surface area (TPSA) is 142 Å². The predicted molar refractivity (Wildman–Crippen MR) is 134 cm³/mol. The number of hydrazine groups is 1. The molecular weight excluding hydrogens is 458 g/mol. The average molecular weight is 482 g/mol. The van der Waals surface area contributed by atoms with Crippen molar-refractivity contribution in [1.82, 2.24) is 20.3 Å². The zero-order valence-electron chi connectivity index (χ0n) is 19.3. The Morgan fingerprint density at radius 3 is 2.28 bits per heavy atom. The minimum atomic E-state index is -1.59. The number of carbonyl (C=O) groups is 2. The lowest BCUT2D eigenvalue weighted by Gasteiger charge is -2.18. The molecule has 0 aliphatic heterocycles. The van der Waals surface area contributed by atoms with Gasteiger partial charge in [0.25, 0.3) is 11.8 Å². The lowest BCUT2D eigenvalue weighted by Crippen LogP contribution is -2.34. The molecule has 9 nitrogen and oxygen atoms in total. The predicted octanol–water partition coefficient (Wildman–Crippen LogP) is 1.68. The molecule has 5 N–H and O–H groups in total. The van der Waals surface area contributed by atoms with E-state index in [9.17, 15) is 9.59 Å². The number of amides is 2. The number of nitrogen functional groups attached to an aromatic ring is 1. The number of likely N-dealkylation sites (N-methyl/N-ethyl adjacent to an activating group) is 1. The molecule has 0 radical (unpaired) electrons. The fourth-order valence-corrected chi connectivity index (χ4v) is 3.60. The van der Waals surface area contributed by atoms with E-state index in [1.54, 1.807) is 48.8 Å². The molecule has 2 heterocycles. The van der Waals surface area contributed by atoms with Gasteiger partial charge in [0, 0.05) is 47.1 Å². The molecule has 2 aromatic heterocycles. The molecule has 2 aromatic carbocycles. The summed E-state index contributed by atoms with van der Waals surface area (Å²) in [5.74, 6) is 10.7. The van der Waals surface area contributed by atoms with Crippen molar-refractivity contribution in [3.8, 4) is 23.1 Å². The first kappa shape index (κ1) is 24.5. The Morgan fingerprint density at radius 2 is 1.67 bits per heavy atom. The number of carbonyl (C=O) groups excluding carboxylic acids is 2. The minimum absolute atomic E-state index is 0.177. The Hall–Kier alpha value is -4.62. The number of nitrogens with one attached hydrogen (secondary N) is 1. The second-order valence-electron chi connectivity index (χ2n) is 7.99. The van der Waals surface area contributed by atoms with Gasteiger partial charge in [0.2, 0.25) is 0 Å². The minimum Gasteiger partial charge on any atom is -0.367 e. The van der Waals surface area contributed by atoms with Crippen LogP contribution in [0.25, 0.3) is 22.2 Å². The molecule has 180 valence electrons. The van der Waals surface area contributed by atoms with Gasteiger partial charge in [0.1, 0.15) is 0 Å². The number of aliphatic hydroxyl groups excluding tert-OH is 1. The lowest BCUT2D eigenvalue weighted by atomic mass is 10.0. The van der Waals surface area contributed by atoms with Crippen LogP contribution in [0.1, 0.15) is 31.8 Å². The first-order chi connectivity index (χ1) is 17.4. The Labute approximate surface area is 207 Å². The third-order valence-electron chi connectivity index (χ3n) is 5.43. The highest BCUT2D eigenvalue weighted by Gasteiger charge is 2.14. The molecule has 0 saturated heterocycles. The van der Waals surface area contributed by atoms with Crippen LogP contribution in [0.4, 0.5) is 0 Å². The standard InChI is InChI=1S/C27H23N5O4/c1-32(16-25(33)34)27(36)20-10-6-18(7-11-20)3-2-17-4-8-19(9-5-17)24-14-21(26(35)31-28)22-15-29-13-12-23(22)30-24/h4-15,25,33-34H,16,28H2,1H3,(H,31,35). The molecule has 2 amide bonds. The third kappa shape index (κ3) is 5.54. The first-order valence-corrected chi connectivity index (χ1v) is 11.0. The van der Waals surface area contributed by atoms with Crippen LogP contribution in [0.15, 0.2) is 73.1 Å². The molecule has 0 unspecified atom stereocenters. The van der Waals surface area contributed by atoms with E-state index in [-0.39, 0.29) is 12.5 Å². The van der Waals surface area contributed by atoms with Crippen molar-refractivity contribution in [1.29, 1.82) is 0 Å². The number of aliphatic hydroxyl groups is 2. The molecule has 0 atom stereocenters. The van der Waals surface area contributed by atoms with E-state index in [0.717, 1.165) is 16.7 Å². The zero-order chi connectivity index (χ0) is 25.7. The van der Waals surface area contributed by atoms with Crippen LogP contribution >= 0.6 is 0 Å². The fraction of sp³-hybridized carbons (Fsp3) is 0.111. The van der Waals surface area contributed by atoms with Crippen LogP contribution in [-0.2, 0) is 0 Å². The monoisotopic (exact) mass is 481 g/mol. The van der Waals surface area contributed by atoms with Crippen LogP contribution in [0.2, 0.25) is 0 Å². The van der Waals surface area contributed by atoms with Crippen LogP contribution < -0.4 is 11.3 Å². The summed E-state index contributed by atoms with van der Waals surface area (Å²) < 4.78 is 0. The van der Waals surface area contributed by atoms with Crippen molar-refractivity contribution < 1.29 is 19.8 Å². The molecule has 0 saturated carbocycles. The summed E-state index contributed by atoms with van der Waals surface area (Å²) in [5.41, 5.74) is 6.53. The van der Waals surface area contributed by atoms with Crippen LogP contribution in [-0.4, -0.2) is 56.8 Å². The van der Waals surface area contributed by atoms with Crippen molar-refractivity contribution in [3.63, 3.8) is 0 Å². The van der Waals surface area contributed by atoms with Gasteiger partial charge in [-0.15, -0.1) is 0 Å². The van der Waals surface area contributed by atoms with Crippen molar-refractivity contribution in [2.45, 2.75) is 6.29 Å². The van der Waals surface area contributed by atoms with Gasteiger partial charge in [-0.2, -0.15) is 0 Å². The molecule has 4 aromatic rings. The molecule has 9 heteroatoms. The van der Waals surface area contributed by atoms with Gasteiger partial charge in [-0.3, -0.25) is 20.0 Å². The maximum absolute atomic E-state index is 12.3. The molecular formula is C27H23N5O4. The summed E-state index contributed by atoms with van der Waals surface area (Å²) >= 11 is 0. The number of nitrogens with two attached hydrogens (primary N) is 1. The van der Waals surface area contributed by atoms with Gasteiger partial charge in [0.15, 0.2) is 6.29 Å². The van der Waals surface area contributed by atoms with Gasteiger partial charge in [-0.1, -0.05) is 24.0 Å². The third-order valence-corrected chi connectivity index (χ3v) is 5.43. The molecule has 0 aliphatic carbocycles. The molecule has 0 spiro atoms. The van der Waals surface area contributed by atoms with Crippen molar-refractivity contribution in [2.24, 2.45) is 5.84 Å². The molecule has 36 heavy (non-hydrogen) atoms.